The second-order valence-corrected chi connectivity index (χ2v) is 10.4. The Morgan fingerprint density at radius 2 is 1.68 bits per heavy atom. The van der Waals surface area contributed by atoms with Crippen molar-refractivity contribution in [2.75, 3.05) is 20.2 Å². The predicted octanol–water partition coefficient (Wildman–Crippen LogP) is 3.74. The summed E-state index contributed by atoms with van der Waals surface area (Å²) in [6, 6.07) is 15.6. The SMILES string of the molecule is COc1ccc(-c2ccc(S(=O)(=O)NC(C(=O)O)C3CCN(C(=O)OCc4ccco4)CC3)cc2)cc1. The minimum absolute atomic E-state index is 0.000562. The molecular weight excluding hydrogens is 500 g/mol. The van der Waals surface area contributed by atoms with Gasteiger partial charge in [0.2, 0.25) is 10.0 Å². The van der Waals surface area contributed by atoms with Crippen molar-refractivity contribution in [3.63, 3.8) is 0 Å². The second kappa shape index (κ2) is 11.5. The third-order valence-electron chi connectivity index (χ3n) is 6.32. The van der Waals surface area contributed by atoms with E-state index in [-0.39, 0.29) is 24.6 Å². The van der Waals surface area contributed by atoms with Gasteiger partial charge in [-0.3, -0.25) is 4.79 Å². The number of benzene rings is 2. The van der Waals surface area contributed by atoms with Crippen molar-refractivity contribution < 1.29 is 37.0 Å². The molecule has 1 unspecified atom stereocenters. The molecule has 37 heavy (non-hydrogen) atoms. The molecular formula is C26H28N2O8S. The van der Waals surface area contributed by atoms with Crippen LogP contribution in [0.15, 0.2) is 76.2 Å². The zero-order valence-electron chi connectivity index (χ0n) is 20.2. The highest BCUT2D eigenvalue weighted by Gasteiger charge is 2.36. The maximum Gasteiger partial charge on any atom is 0.410 e. The van der Waals surface area contributed by atoms with E-state index in [2.05, 4.69) is 4.72 Å². The number of nitrogens with zero attached hydrogens (tertiary/aromatic N) is 1. The molecule has 1 atom stereocenters. The molecule has 2 heterocycles. The van der Waals surface area contributed by atoms with Crippen LogP contribution in [0.3, 0.4) is 0 Å². The van der Waals surface area contributed by atoms with Crippen LogP contribution in [0.2, 0.25) is 0 Å². The molecule has 4 rings (SSSR count). The summed E-state index contributed by atoms with van der Waals surface area (Å²) in [6.07, 6.45) is 1.58. The van der Waals surface area contributed by atoms with E-state index in [1.54, 1.807) is 31.4 Å². The van der Waals surface area contributed by atoms with E-state index in [9.17, 15) is 23.1 Å². The van der Waals surface area contributed by atoms with Crippen molar-refractivity contribution in [3.05, 3.63) is 72.7 Å². The summed E-state index contributed by atoms with van der Waals surface area (Å²) in [7, 11) is -2.52. The first kappa shape index (κ1) is 26.2. The Balaban J connectivity index is 1.36. The molecule has 1 amide bonds. The first-order valence-electron chi connectivity index (χ1n) is 11.7. The topological polar surface area (TPSA) is 135 Å². The van der Waals surface area contributed by atoms with E-state index in [0.29, 0.717) is 24.4 Å². The van der Waals surface area contributed by atoms with Crippen LogP contribution in [0.25, 0.3) is 11.1 Å². The molecule has 0 bridgehead atoms. The van der Waals surface area contributed by atoms with E-state index >= 15 is 0 Å². The molecule has 1 aliphatic rings. The van der Waals surface area contributed by atoms with Gasteiger partial charge in [0.1, 0.15) is 17.6 Å². The Morgan fingerprint density at radius 3 is 2.22 bits per heavy atom. The van der Waals surface area contributed by atoms with Crippen molar-refractivity contribution in [2.24, 2.45) is 5.92 Å². The van der Waals surface area contributed by atoms with Crippen molar-refractivity contribution >= 4 is 22.1 Å². The van der Waals surface area contributed by atoms with Crippen LogP contribution in [0, 0.1) is 5.92 Å². The number of nitrogens with one attached hydrogen (secondary N) is 1. The Labute approximate surface area is 214 Å². The number of likely N-dealkylation sites (tertiary alicyclic amines) is 1. The fraction of sp³-hybridized carbons (Fsp3) is 0.308. The van der Waals surface area contributed by atoms with Gasteiger partial charge in [-0.05, 0) is 66.3 Å². The van der Waals surface area contributed by atoms with Gasteiger partial charge in [0.25, 0.3) is 0 Å². The number of carboxylic acids is 1. The highest BCUT2D eigenvalue weighted by Crippen LogP contribution is 2.26. The van der Waals surface area contributed by atoms with Gasteiger partial charge in [0, 0.05) is 13.1 Å². The van der Waals surface area contributed by atoms with Crippen LogP contribution < -0.4 is 9.46 Å². The van der Waals surface area contributed by atoms with E-state index < -0.39 is 34.0 Å². The van der Waals surface area contributed by atoms with Crippen LogP contribution in [0.5, 0.6) is 5.75 Å². The van der Waals surface area contributed by atoms with Gasteiger partial charge < -0.3 is 23.9 Å². The average Bonchev–Trinajstić information content (AvgIpc) is 3.44. The van der Waals surface area contributed by atoms with Gasteiger partial charge >= 0.3 is 12.1 Å². The van der Waals surface area contributed by atoms with Crippen LogP contribution >= 0.6 is 0 Å². The lowest BCUT2D eigenvalue weighted by atomic mass is 9.90. The molecule has 0 spiro atoms. The zero-order valence-corrected chi connectivity index (χ0v) is 21.0. The fourth-order valence-electron chi connectivity index (χ4n) is 4.23. The third-order valence-corrected chi connectivity index (χ3v) is 7.78. The molecule has 1 saturated heterocycles. The smallest absolute Gasteiger partial charge is 0.410 e. The summed E-state index contributed by atoms with van der Waals surface area (Å²) < 4.78 is 43.9. The molecule has 0 saturated carbocycles. The van der Waals surface area contributed by atoms with Crippen LogP contribution in [-0.4, -0.2) is 56.7 Å². The molecule has 10 nitrogen and oxygen atoms in total. The largest absolute Gasteiger partial charge is 0.497 e. The Kier molecular flexibility index (Phi) is 8.14. The number of carboxylic acid groups (broad SMARTS) is 1. The molecule has 0 radical (unpaired) electrons. The lowest BCUT2D eigenvalue weighted by Crippen LogP contribution is -2.50. The first-order chi connectivity index (χ1) is 17.8. The van der Waals surface area contributed by atoms with Gasteiger partial charge in [0.05, 0.1) is 18.3 Å². The number of piperidine rings is 1. The van der Waals surface area contributed by atoms with Crippen molar-refractivity contribution in [3.8, 4) is 16.9 Å². The summed E-state index contributed by atoms with van der Waals surface area (Å²) in [5, 5.41) is 9.78. The van der Waals surface area contributed by atoms with Crippen molar-refractivity contribution in [2.45, 2.75) is 30.4 Å². The van der Waals surface area contributed by atoms with Gasteiger partial charge in [-0.1, -0.05) is 24.3 Å². The molecule has 3 aromatic rings. The number of aliphatic carboxylic acids is 1. The van der Waals surface area contributed by atoms with E-state index in [1.165, 1.54) is 23.3 Å². The number of hydrogen-bond acceptors (Lipinski definition) is 7. The molecule has 196 valence electrons. The fourth-order valence-corrected chi connectivity index (χ4v) is 5.49. The predicted molar refractivity (Wildman–Crippen MR) is 133 cm³/mol. The number of furan rings is 1. The number of methoxy groups -OCH3 is 1. The van der Waals surface area contributed by atoms with Crippen LogP contribution in [-0.2, 0) is 26.2 Å². The third kappa shape index (κ3) is 6.49. The molecule has 2 aromatic carbocycles. The summed E-state index contributed by atoms with van der Waals surface area (Å²) >= 11 is 0. The lowest BCUT2D eigenvalue weighted by molar-refractivity contribution is -0.140. The molecule has 0 aliphatic carbocycles. The van der Waals surface area contributed by atoms with Gasteiger partial charge in [-0.2, -0.15) is 4.72 Å². The number of ether oxygens (including phenoxy) is 2. The van der Waals surface area contributed by atoms with Gasteiger partial charge in [0.15, 0.2) is 6.61 Å². The Hall–Kier alpha value is -3.83. The number of rotatable bonds is 9. The van der Waals surface area contributed by atoms with Crippen molar-refractivity contribution in [1.29, 1.82) is 0 Å². The number of sulfonamides is 1. The minimum atomic E-state index is -4.09. The summed E-state index contributed by atoms with van der Waals surface area (Å²) in [6.45, 7) is 0.508. The number of carbonyl (C=O) groups is 2. The summed E-state index contributed by atoms with van der Waals surface area (Å²) in [5.41, 5.74) is 1.69. The lowest BCUT2D eigenvalue weighted by Gasteiger charge is -2.34. The number of hydrogen-bond donors (Lipinski definition) is 2. The van der Waals surface area contributed by atoms with Crippen LogP contribution in [0.1, 0.15) is 18.6 Å². The quantitative estimate of drug-likeness (QED) is 0.429. The molecule has 2 N–H and O–H groups in total. The molecule has 1 aromatic heterocycles. The van der Waals surface area contributed by atoms with Crippen LogP contribution in [0.4, 0.5) is 4.79 Å². The highest BCUT2D eigenvalue weighted by molar-refractivity contribution is 7.89. The van der Waals surface area contributed by atoms with Crippen molar-refractivity contribution in [1.82, 2.24) is 9.62 Å². The van der Waals surface area contributed by atoms with Gasteiger partial charge in [-0.25, -0.2) is 13.2 Å². The molecule has 1 fully saturated rings. The Bertz CT molecular complexity index is 1300. The maximum atomic E-state index is 13.0. The molecule has 11 heteroatoms. The van der Waals surface area contributed by atoms with Gasteiger partial charge in [-0.15, -0.1) is 0 Å². The first-order valence-corrected chi connectivity index (χ1v) is 13.2. The number of carbonyl (C=O) groups excluding carboxylic acids is 1. The molecule has 1 aliphatic heterocycles. The standard InChI is InChI=1S/C26H28N2O8S/c1-34-21-8-4-18(5-9-21)19-6-10-23(11-7-19)37(32,33)27-24(25(29)30)20-12-14-28(15-13-20)26(31)36-17-22-3-2-16-35-22/h2-11,16,20,24,27H,12-15,17H2,1H3,(H,29,30). The zero-order chi connectivity index (χ0) is 26.4. The van der Waals surface area contributed by atoms with E-state index in [4.69, 9.17) is 13.9 Å². The monoisotopic (exact) mass is 528 g/mol. The summed E-state index contributed by atoms with van der Waals surface area (Å²) in [5.74, 6) is -0.527. The average molecular weight is 529 g/mol. The number of amides is 1. The van der Waals surface area contributed by atoms with E-state index in [1.807, 2.05) is 24.3 Å². The highest BCUT2D eigenvalue weighted by atomic mass is 32.2. The minimum Gasteiger partial charge on any atom is -0.497 e. The Morgan fingerprint density at radius 1 is 1.05 bits per heavy atom. The maximum absolute atomic E-state index is 13.0. The normalized spacial score (nSPS) is 15.2. The van der Waals surface area contributed by atoms with E-state index in [0.717, 1.165) is 11.1 Å². The second-order valence-electron chi connectivity index (χ2n) is 8.65. The summed E-state index contributed by atoms with van der Waals surface area (Å²) in [4.78, 5) is 25.7.